The Kier molecular flexibility index (Phi) is 7.54. The van der Waals surface area contributed by atoms with E-state index < -0.39 is 0 Å². The molecule has 8 nitrogen and oxygen atoms in total. The van der Waals surface area contributed by atoms with E-state index in [2.05, 4.69) is 39.6 Å². The van der Waals surface area contributed by atoms with Crippen molar-refractivity contribution in [1.82, 2.24) is 25.0 Å². The van der Waals surface area contributed by atoms with E-state index in [4.69, 9.17) is 0 Å². The highest BCUT2D eigenvalue weighted by Gasteiger charge is 2.15. The zero-order chi connectivity index (χ0) is 20.7. The van der Waals surface area contributed by atoms with Gasteiger partial charge >= 0.3 is 0 Å². The molecule has 2 aromatic rings. The Morgan fingerprint density at radius 1 is 1.36 bits per heavy atom. The lowest BCUT2D eigenvalue weighted by atomic mass is 10.1. The Hall–Kier alpha value is -2.90. The molecule has 0 spiro atoms. The van der Waals surface area contributed by atoms with Crippen molar-refractivity contribution in [2.45, 2.75) is 39.7 Å². The van der Waals surface area contributed by atoms with Gasteiger partial charge in [0.15, 0.2) is 5.96 Å². The lowest BCUT2D eigenvalue weighted by molar-refractivity contribution is -0.116. The maximum atomic E-state index is 12.1. The first-order valence-corrected chi connectivity index (χ1v) is 9.47. The number of anilines is 1. The fourth-order valence-corrected chi connectivity index (χ4v) is 2.98. The molecule has 1 amide bonds. The molecule has 0 aromatic carbocycles. The molecule has 0 fully saturated rings. The molecule has 28 heavy (non-hydrogen) atoms. The number of aliphatic imine (C=N–C) groups is 1. The number of amides is 1. The highest BCUT2D eigenvalue weighted by Crippen LogP contribution is 2.18. The largest absolute Gasteiger partial charge is 0.356 e. The number of nitrogens with one attached hydrogen (secondary N) is 2. The van der Waals surface area contributed by atoms with Crippen molar-refractivity contribution < 1.29 is 4.79 Å². The summed E-state index contributed by atoms with van der Waals surface area (Å²) in [6.07, 6.45) is 2.37. The molecular weight excluding hydrogens is 354 g/mol. The number of aryl methyl sites for hydroxylation is 2. The fourth-order valence-electron chi connectivity index (χ4n) is 2.98. The molecule has 0 saturated carbocycles. The SMILES string of the molecule is CN=C(NCCC(=O)Nc1cccc(C)n1)N(C)Cc1cn(C)nc1C(C)C. The third kappa shape index (κ3) is 6.07. The molecule has 0 bridgehead atoms. The summed E-state index contributed by atoms with van der Waals surface area (Å²) in [7, 11) is 5.65. The quantitative estimate of drug-likeness (QED) is 0.564. The van der Waals surface area contributed by atoms with E-state index in [1.807, 2.05) is 48.9 Å². The molecular formula is C20H31N7O. The van der Waals surface area contributed by atoms with Crippen LogP contribution in [0.15, 0.2) is 29.4 Å². The third-order valence-corrected chi connectivity index (χ3v) is 4.26. The van der Waals surface area contributed by atoms with Crippen LogP contribution in [0.2, 0.25) is 0 Å². The van der Waals surface area contributed by atoms with Gasteiger partial charge < -0.3 is 15.5 Å². The van der Waals surface area contributed by atoms with Crippen molar-refractivity contribution in [3.05, 3.63) is 41.3 Å². The van der Waals surface area contributed by atoms with Gasteiger partial charge in [-0.15, -0.1) is 0 Å². The smallest absolute Gasteiger partial charge is 0.227 e. The molecule has 0 aliphatic heterocycles. The number of hydrogen-bond acceptors (Lipinski definition) is 4. The molecule has 152 valence electrons. The molecule has 0 saturated heterocycles. The zero-order valence-corrected chi connectivity index (χ0v) is 17.7. The summed E-state index contributed by atoms with van der Waals surface area (Å²) >= 11 is 0. The lowest BCUT2D eigenvalue weighted by Gasteiger charge is -2.22. The number of pyridine rings is 1. The second-order valence-corrected chi connectivity index (χ2v) is 7.16. The van der Waals surface area contributed by atoms with E-state index in [0.717, 1.165) is 17.3 Å². The molecule has 2 rings (SSSR count). The first-order valence-electron chi connectivity index (χ1n) is 9.47. The van der Waals surface area contributed by atoms with Crippen molar-refractivity contribution in [3.63, 3.8) is 0 Å². The number of nitrogens with zero attached hydrogens (tertiary/aromatic N) is 5. The standard InChI is InChI=1S/C20H31N7O/c1-14(2)19-16(13-27(6)25-19)12-26(5)20(21-4)22-11-10-18(28)24-17-9-7-8-15(3)23-17/h7-9,13-14H,10-12H2,1-6H3,(H,21,22)(H,23,24,28). The molecule has 2 aromatic heterocycles. The van der Waals surface area contributed by atoms with Crippen LogP contribution in [0.5, 0.6) is 0 Å². The molecule has 2 N–H and O–H groups in total. The van der Waals surface area contributed by atoms with Crippen molar-refractivity contribution >= 4 is 17.7 Å². The molecule has 8 heteroatoms. The summed E-state index contributed by atoms with van der Waals surface area (Å²) in [6, 6.07) is 5.55. The van der Waals surface area contributed by atoms with Crippen molar-refractivity contribution in [1.29, 1.82) is 0 Å². The van der Waals surface area contributed by atoms with E-state index in [-0.39, 0.29) is 5.91 Å². The average molecular weight is 386 g/mol. The van der Waals surface area contributed by atoms with Crippen LogP contribution in [0.3, 0.4) is 0 Å². The van der Waals surface area contributed by atoms with Gasteiger partial charge in [0.2, 0.25) is 5.91 Å². The summed E-state index contributed by atoms with van der Waals surface area (Å²) in [5.74, 6) is 1.58. The van der Waals surface area contributed by atoms with Crippen molar-refractivity contribution in [2.24, 2.45) is 12.0 Å². The number of carbonyl (C=O) groups excluding carboxylic acids is 1. The first-order chi connectivity index (χ1) is 13.3. The van der Waals surface area contributed by atoms with Gasteiger partial charge in [-0.2, -0.15) is 5.10 Å². The van der Waals surface area contributed by atoms with Crippen LogP contribution in [0.1, 0.15) is 43.1 Å². The molecule has 0 aliphatic carbocycles. The van der Waals surface area contributed by atoms with Crippen molar-refractivity contribution in [2.75, 3.05) is 26.0 Å². The van der Waals surface area contributed by atoms with E-state index in [1.54, 1.807) is 13.1 Å². The monoisotopic (exact) mass is 385 g/mol. The van der Waals surface area contributed by atoms with Gasteiger partial charge in [0, 0.05) is 58.1 Å². The Morgan fingerprint density at radius 2 is 2.11 bits per heavy atom. The summed E-state index contributed by atoms with van der Waals surface area (Å²) in [6.45, 7) is 7.35. The van der Waals surface area contributed by atoms with Crippen LogP contribution in [0.25, 0.3) is 0 Å². The minimum absolute atomic E-state index is 0.0851. The Bertz CT molecular complexity index is 826. The minimum Gasteiger partial charge on any atom is -0.356 e. The molecule has 0 unspecified atom stereocenters. The second-order valence-electron chi connectivity index (χ2n) is 7.16. The molecule has 0 radical (unpaired) electrons. The zero-order valence-electron chi connectivity index (χ0n) is 17.7. The Balaban J connectivity index is 1.86. The molecule has 0 aliphatic rings. The maximum absolute atomic E-state index is 12.1. The summed E-state index contributed by atoms with van der Waals surface area (Å²) in [5, 5.41) is 10.6. The number of carbonyl (C=O) groups is 1. The maximum Gasteiger partial charge on any atom is 0.227 e. The lowest BCUT2D eigenvalue weighted by Crippen LogP contribution is -2.39. The topological polar surface area (TPSA) is 87.4 Å². The number of guanidine groups is 1. The Morgan fingerprint density at radius 3 is 2.75 bits per heavy atom. The van der Waals surface area contributed by atoms with Gasteiger partial charge in [0.1, 0.15) is 5.82 Å². The number of rotatable bonds is 7. The third-order valence-electron chi connectivity index (χ3n) is 4.26. The normalized spacial score (nSPS) is 11.6. The van der Waals surface area contributed by atoms with Gasteiger partial charge in [-0.05, 0) is 25.0 Å². The van der Waals surface area contributed by atoms with Crippen LogP contribution in [-0.2, 0) is 18.4 Å². The number of aromatic nitrogens is 3. The first kappa shape index (κ1) is 21.4. The predicted molar refractivity (Wildman–Crippen MR) is 112 cm³/mol. The predicted octanol–water partition coefficient (Wildman–Crippen LogP) is 2.28. The minimum atomic E-state index is -0.0851. The van der Waals surface area contributed by atoms with Crippen LogP contribution in [0.4, 0.5) is 5.82 Å². The highest BCUT2D eigenvalue weighted by molar-refractivity contribution is 5.90. The summed E-state index contributed by atoms with van der Waals surface area (Å²) in [5.41, 5.74) is 3.13. The summed E-state index contributed by atoms with van der Waals surface area (Å²) < 4.78 is 1.85. The van der Waals surface area contributed by atoms with Gasteiger partial charge in [-0.1, -0.05) is 19.9 Å². The van der Waals surface area contributed by atoms with Crippen molar-refractivity contribution in [3.8, 4) is 0 Å². The molecule has 0 atom stereocenters. The van der Waals surface area contributed by atoms with Gasteiger partial charge in [0.25, 0.3) is 0 Å². The van der Waals surface area contributed by atoms with Gasteiger partial charge in [-0.3, -0.25) is 14.5 Å². The molecule has 2 heterocycles. The van der Waals surface area contributed by atoms with E-state index in [0.29, 0.717) is 31.2 Å². The highest BCUT2D eigenvalue weighted by atomic mass is 16.1. The number of hydrogen-bond donors (Lipinski definition) is 2. The van der Waals surface area contributed by atoms with Crippen LogP contribution >= 0.6 is 0 Å². The van der Waals surface area contributed by atoms with Crippen LogP contribution < -0.4 is 10.6 Å². The Labute approximate surface area is 167 Å². The van der Waals surface area contributed by atoms with Crippen LogP contribution in [-0.4, -0.2) is 52.2 Å². The van der Waals surface area contributed by atoms with E-state index in [9.17, 15) is 4.79 Å². The van der Waals surface area contributed by atoms with Gasteiger partial charge in [0.05, 0.1) is 5.69 Å². The van der Waals surface area contributed by atoms with Gasteiger partial charge in [-0.25, -0.2) is 4.98 Å². The second kappa shape index (κ2) is 9.87. The van der Waals surface area contributed by atoms with Crippen LogP contribution in [0, 0.1) is 6.92 Å². The van der Waals surface area contributed by atoms with E-state index >= 15 is 0 Å². The average Bonchev–Trinajstić information content (AvgIpc) is 2.99. The summed E-state index contributed by atoms with van der Waals surface area (Å²) in [4.78, 5) is 22.7. The fraction of sp³-hybridized carbons (Fsp3) is 0.500. The van der Waals surface area contributed by atoms with E-state index in [1.165, 1.54) is 5.56 Å².